The summed E-state index contributed by atoms with van der Waals surface area (Å²) in [6.45, 7) is 4.22. The molecular weight excluding hydrogens is 462 g/mol. The van der Waals surface area contributed by atoms with Crippen molar-refractivity contribution >= 4 is 28.5 Å². The normalized spacial score (nSPS) is 15.3. The minimum absolute atomic E-state index is 0.200. The molecule has 2 aromatic carbocycles. The van der Waals surface area contributed by atoms with Crippen molar-refractivity contribution < 1.29 is 9.59 Å². The Morgan fingerprint density at radius 1 is 0.973 bits per heavy atom. The van der Waals surface area contributed by atoms with Gasteiger partial charge in [0.15, 0.2) is 0 Å². The van der Waals surface area contributed by atoms with Crippen LogP contribution in [0.3, 0.4) is 0 Å². The Hall–Kier alpha value is -4.83. The number of hydrogen-bond donors (Lipinski definition) is 2. The van der Waals surface area contributed by atoms with Crippen LogP contribution in [0.2, 0.25) is 0 Å². The smallest absolute Gasteiger partial charge is 0.325 e. The molecule has 0 saturated carbocycles. The number of pyridine rings is 1. The lowest BCUT2D eigenvalue weighted by Crippen LogP contribution is -2.32. The van der Waals surface area contributed by atoms with Crippen molar-refractivity contribution in [1.29, 1.82) is 0 Å². The van der Waals surface area contributed by atoms with Crippen LogP contribution in [-0.4, -0.2) is 37.2 Å². The zero-order valence-electron chi connectivity index (χ0n) is 20.6. The number of fused-ring (bicyclic) bond motifs is 2. The van der Waals surface area contributed by atoms with Crippen LogP contribution >= 0.6 is 0 Å². The summed E-state index contributed by atoms with van der Waals surface area (Å²) >= 11 is 0. The van der Waals surface area contributed by atoms with Gasteiger partial charge in [0, 0.05) is 35.3 Å². The number of nitrogens with zero attached hydrogens (tertiary/aromatic N) is 3. The number of nitrogens with one attached hydrogen (secondary N) is 2. The van der Waals surface area contributed by atoms with Crippen LogP contribution in [0.4, 0.5) is 4.79 Å². The van der Waals surface area contributed by atoms with Gasteiger partial charge in [-0.1, -0.05) is 42.3 Å². The van der Waals surface area contributed by atoms with Crippen LogP contribution in [-0.2, 0) is 17.8 Å². The van der Waals surface area contributed by atoms with Gasteiger partial charge in [0.2, 0.25) is 0 Å². The van der Waals surface area contributed by atoms with Gasteiger partial charge in [0.05, 0.1) is 12.7 Å². The molecule has 6 rings (SSSR count). The topological polar surface area (TPSA) is 82.5 Å². The first-order valence-electron chi connectivity index (χ1n) is 12.2. The molecule has 3 amide bonds. The molecule has 0 bridgehead atoms. The highest BCUT2D eigenvalue weighted by atomic mass is 16.2. The maximum absolute atomic E-state index is 13.2. The lowest BCUT2D eigenvalue weighted by molar-refractivity contribution is -0.127. The molecule has 0 radical (unpaired) electrons. The second-order valence-corrected chi connectivity index (χ2v) is 9.35. The molecule has 1 saturated heterocycles. The van der Waals surface area contributed by atoms with Crippen molar-refractivity contribution in [2.24, 2.45) is 0 Å². The van der Waals surface area contributed by atoms with Gasteiger partial charge in [-0.25, -0.2) is 9.78 Å². The molecule has 1 atom stereocenters. The summed E-state index contributed by atoms with van der Waals surface area (Å²) in [5.74, 6) is 6.22. The van der Waals surface area contributed by atoms with Gasteiger partial charge in [-0.15, -0.1) is 0 Å². The molecule has 1 unspecified atom stereocenters. The predicted octanol–water partition coefficient (Wildman–Crippen LogP) is 4.50. The number of rotatable bonds is 4. The fourth-order valence-electron chi connectivity index (χ4n) is 4.93. The molecular formula is C30H25N5O2. The zero-order valence-corrected chi connectivity index (χ0v) is 20.6. The third kappa shape index (κ3) is 4.03. The summed E-state index contributed by atoms with van der Waals surface area (Å²) in [5, 5.41) is 3.95. The number of aromatic nitrogens is 3. The second kappa shape index (κ2) is 8.99. The first kappa shape index (κ1) is 22.6. The number of imide groups is 1. The van der Waals surface area contributed by atoms with E-state index >= 15 is 0 Å². The highest BCUT2D eigenvalue weighted by molar-refractivity contribution is 6.04. The largest absolute Gasteiger partial charge is 0.361 e. The molecule has 3 aromatic heterocycles. The van der Waals surface area contributed by atoms with Crippen LogP contribution in [0, 0.1) is 25.7 Å². The number of aryl methyl sites for hydroxylation is 1. The summed E-state index contributed by atoms with van der Waals surface area (Å²) < 4.78 is 1.94. The maximum Gasteiger partial charge on any atom is 0.325 e. The molecule has 1 aliphatic rings. The molecule has 4 heterocycles. The van der Waals surface area contributed by atoms with Crippen molar-refractivity contribution in [3.8, 4) is 11.8 Å². The number of amides is 3. The lowest BCUT2D eigenvalue weighted by Gasteiger charge is -2.15. The Kier molecular flexibility index (Phi) is 5.50. The van der Waals surface area contributed by atoms with Gasteiger partial charge in [-0.05, 0) is 60.2 Å². The first-order valence-corrected chi connectivity index (χ1v) is 12.2. The van der Waals surface area contributed by atoms with E-state index < -0.39 is 6.04 Å². The Balaban J connectivity index is 1.22. The van der Waals surface area contributed by atoms with E-state index in [1.165, 1.54) is 4.90 Å². The van der Waals surface area contributed by atoms with Gasteiger partial charge in [-0.3, -0.25) is 14.1 Å². The average molecular weight is 488 g/mol. The second-order valence-electron chi connectivity index (χ2n) is 9.35. The number of para-hydroxylation sites is 1. The fourth-order valence-corrected chi connectivity index (χ4v) is 4.93. The minimum Gasteiger partial charge on any atom is -0.361 e. The maximum atomic E-state index is 13.2. The van der Waals surface area contributed by atoms with Crippen molar-refractivity contribution in [3.05, 3.63) is 107 Å². The van der Waals surface area contributed by atoms with E-state index in [-0.39, 0.29) is 18.5 Å². The van der Waals surface area contributed by atoms with Crippen molar-refractivity contribution in [3.63, 3.8) is 0 Å². The number of benzene rings is 2. The Morgan fingerprint density at radius 3 is 2.73 bits per heavy atom. The van der Waals surface area contributed by atoms with Crippen LogP contribution in [0.5, 0.6) is 0 Å². The van der Waals surface area contributed by atoms with E-state index in [0.29, 0.717) is 6.42 Å². The lowest BCUT2D eigenvalue weighted by atomic mass is 10.0. The van der Waals surface area contributed by atoms with Crippen molar-refractivity contribution in [1.82, 2.24) is 24.6 Å². The number of imidazole rings is 1. The third-order valence-electron chi connectivity index (χ3n) is 7.06. The zero-order chi connectivity index (χ0) is 25.5. The number of carbonyl (C=O) groups excluding carboxylic acids is 2. The standard InChI is InChI=1S/C30H25N5O2/c1-19-7-5-10-25-23(16-32-28(19)25)15-26-29(36)35(30(37)33-26)18-22-9-6-8-21(20(22)2)12-13-24-17-31-27-11-3-4-14-34(24)27/h3-11,14,16-17,26,32H,15,18H2,1-2H3,(H,33,37). The average Bonchev–Trinajstić information content (AvgIpc) is 3.58. The van der Waals surface area contributed by atoms with Gasteiger partial charge >= 0.3 is 6.03 Å². The van der Waals surface area contributed by atoms with Gasteiger partial charge in [0.1, 0.15) is 17.4 Å². The van der Waals surface area contributed by atoms with E-state index in [0.717, 1.165) is 50.1 Å². The van der Waals surface area contributed by atoms with E-state index in [1.54, 1.807) is 6.20 Å². The van der Waals surface area contributed by atoms with Gasteiger partial charge < -0.3 is 10.3 Å². The van der Waals surface area contributed by atoms with E-state index in [9.17, 15) is 9.59 Å². The molecule has 0 spiro atoms. The van der Waals surface area contributed by atoms with Gasteiger partial charge in [-0.2, -0.15) is 0 Å². The van der Waals surface area contributed by atoms with Crippen LogP contribution in [0.25, 0.3) is 16.6 Å². The van der Waals surface area contributed by atoms with Crippen LogP contribution in [0.1, 0.15) is 33.5 Å². The van der Waals surface area contributed by atoms with E-state index in [1.807, 2.05) is 85.2 Å². The van der Waals surface area contributed by atoms with Crippen LogP contribution in [0.15, 0.2) is 73.2 Å². The molecule has 2 N–H and O–H groups in total. The summed E-state index contributed by atoms with van der Waals surface area (Å²) in [7, 11) is 0. The Labute approximate surface area is 214 Å². The monoisotopic (exact) mass is 487 g/mol. The van der Waals surface area contributed by atoms with E-state index in [2.05, 4.69) is 27.1 Å². The number of carbonyl (C=O) groups is 2. The summed E-state index contributed by atoms with van der Waals surface area (Å²) in [5.41, 5.74) is 7.53. The molecule has 37 heavy (non-hydrogen) atoms. The van der Waals surface area contributed by atoms with Gasteiger partial charge in [0.25, 0.3) is 5.91 Å². The number of H-pyrrole nitrogens is 1. The summed E-state index contributed by atoms with van der Waals surface area (Å²) in [6.07, 6.45) is 6.05. The molecule has 0 aliphatic carbocycles. The van der Waals surface area contributed by atoms with Crippen LogP contribution < -0.4 is 5.32 Å². The highest BCUT2D eigenvalue weighted by Crippen LogP contribution is 2.25. The summed E-state index contributed by atoms with van der Waals surface area (Å²) in [6, 6.07) is 16.7. The molecule has 182 valence electrons. The number of aromatic amines is 1. The molecule has 5 aromatic rings. The molecule has 1 fully saturated rings. The van der Waals surface area contributed by atoms with E-state index in [4.69, 9.17) is 0 Å². The number of urea groups is 1. The Bertz CT molecular complexity index is 1750. The van der Waals surface area contributed by atoms with Crippen molar-refractivity contribution in [2.45, 2.75) is 32.9 Å². The Morgan fingerprint density at radius 2 is 1.84 bits per heavy atom. The highest BCUT2D eigenvalue weighted by Gasteiger charge is 2.38. The quantitative estimate of drug-likeness (QED) is 0.289. The minimum atomic E-state index is -0.592. The molecule has 7 nitrogen and oxygen atoms in total. The molecule has 7 heteroatoms. The summed E-state index contributed by atoms with van der Waals surface area (Å²) in [4.78, 5) is 35.0. The first-order chi connectivity index (χ1) is 18.0. The SMILES string of the molecule is Cc1c(C#Cc2cnc3ccccn23)cccc1CN1C(=O)NC(Cc2c[nH]c3c(C)cccc23)C1=O. The number of hydrogen-bond acceptors (Lipinski definition) is 3. The molecule has 1 aliphatic heterocycles. The fraction of sp³-hybridized carbons (Fsp3) is 0.167. The third-order valence-corrected chi connectivity index (χ3v) is 7.06. The van der Waals surface area contributed by atoms with Crippen molar-refractivity contribution in [2.75, 3.05) is 0 Å². The predicted molar refractivity (Wildman–Crippen MR) is 142 cm³/mol.